The highest BCUT2D eigenvalue weighted by atomic mass is 127. The Kier molecular flexibility index (Phi) is 7.30. The van der Waals surface area contributed by atoms with E-state index in [0.717, 1.165) is 3.57 Å². The van der Waals surface area contributed by atoms with Gasteiger partial charge in [-0.3, -0.25) is 10.1 Å². The molecule has 0 unspecified atom stereocenters. The summed E-state index contributed by atoms with van der Waals surface area (Å²) in [5.74, 6) is 0.717. The highest BCUT2D eigenvalue weighted by molar-refractivity contribution is 14.1. The highest BCUT2D eigenvalue weighted by Gasteiger charge is 2.18. The Morgan fingerprint density at radius 1 is 1.08 bits per heavy atom. The molecular weight excluding hydrogens is 491 g/mol. The van der Waals surface area contributed by atoms with Crippen molar-refractivity contribution in [2.75, 3.05) is 26.6 Å². The lowest BCUT2D eigenvalue weighted by Crippen LogP contribution is -2.34. The zero-order valence-electron chi connectivity index (χ0n) is 14.2. The summed E-state index contributed by atoms with van der Waals surface area (Å²) in [4.78, 5) is 12.5. The molecule has 0 aliphatic rings. The van der Waals surface area contributed by atoms with E-state index in [9.17, 15) is 4.79 Å². The minimum atomic E-state index is -0.427. The van der Waals surface area contributed by atoms with Gasteiger partial charge in [-0.15, -0.1) is 0 Å². The van der Waals surface area contributed by atoms with Crippen molar-refractivity contribution in [1.29, 1.82) is 0 Å². The lowest BCUT2D eigenvalue weighted by molar-refractivity contribution is 0.0977. The van der Waals surface area contributed by atoms with Gasteiger partial charge in [-0.1, -0.05) is 11.6 Å². The molecule has 0 fully saturated rings. The van der Waals surface area contributed by atoms with Crippen LogP contribution in [0.15, 0.2) is 30.3 Å². The summed E-state index contributed by atoms with van der Waals surface area (Å²) in [5.41, 5.74) is 0.902. The maximum Gasteiger partial charge on any atom is 0.257 e. The van der Waals surface area contributed by atoms with E-state index in [1.165, 1.54) is 33.5 Å². The van der Waals surface area contributed by atoms with Gasteiger partial charge in [0.25, 0.3) is 5.91 Å². The van der Waals surface area contributed by atoms with Gasteiger partial charge >= 0.3 is 0 Å². The third-order valence-corrected chi connectivity index (χ3v) is 4.52. The minimum Gasteiger partial charge on any atom is -0.493 e. The molecule has 0 aliphatic carbocycles. The van der Waals surface area contributed by atoms with E-state index in [1.54, 1.807) is 12.1 Å². The number of rotatable bonds is 5. The van der Waals surface area contributed by atoms with Gasteiger partial charge in [0, 0.05) is 9.13 Å². The van der Waals surface area contributed by atoms with Crippen LogP contribution in [0.2, 0.25) is 5.02 Å². The Hall–Kier alpha value is -1.78. The lowest BCUT2D eigenvalue weighted by Gasteiger charge is -2.15. The van der Waals surface area contributed by atoms with Crippen LogP contribution in [0.25, 0.3) is 0 Å². The first kappa shape index (κ1) is 20.5. The maximum atomic E-state index is 12.5. The van der Waals surface area contributed by atoms with Crippen LogP contribution in [0.1, 0.15) is 10.4 Å². The van der Waals surface area contributed by atoms with Crippen molar-refractivity contribution in [2.24, 2.45) is 0 Å². The molecule has 138 valence electrons. The van der Waals surface area contributed by atoms with Gasteiger partial charge in [-0.05, 0) is 65.1 Å². The zero-order valence-corrected chi connectivity index (χ0v) is 17.9. The Morgan fingerprint density at radius 3 is 2.19 bits per heavy atom. The number of nitrogens with one attached hydrogen (secondary N) is 2. The number of amides is 1. The van der Waals surface area contributed by atoms with Crippen molar-refractivity contribution in [2.45, 2.75) is 0 Å². The van der Waals surface area contributed by atoms with Crippen molar-refractivity contribution in [3.63, 3.8) is 0 Å². The molecule has 0 aromatic heterocycles. The molecule has 2 N–H and O–H groups in total. The van der Waals surface area contributed by atoms with Crippen LogP contribution in [-0.4, -0.2) is 32.3 Å². The largest absolute Gasteiger partial charge is 0.493 e. The van der Waals surface area contributed by atoms with Crippen molar-refractivity contribution in [3.05, 3.63) is 44.5 Å². The van der Waals surface area contributed by atoms with Crippen LogP contribution < -0.4 is 24.8 Å². The molecule has 0 radical (unpaired) electrons. The maximum absolute atomic E-state index is 12.5. The van der Waals surface area contributed by atoms with Crippen LogP contribution in [0, 0.1) is 3.57 Å². The fraction of sp³-hybridized carbons (Fsp3) is 0.176. The monoisotopic (exact) mass is 506 g/mol. The normalized spacial score (nSPS) is 10.0. The smallest absolute Gasteiger partial charge is 0.257 e. The molecule has 0 atom stereocenters. The average molecular weight is 507 g/mol. The van der Waals surface area contributed by atoms with Gasteiger partial charge in [0.1, 0.15) is 0 Å². The summed E-state index contributed by atoms with van der Waals surface area (Å²) < 4.78 is 16.7. The van der Waals surface area contributed by atoms with Gasteiger partial charge in [0.05, 0.1) is 32.0 Å². The molecule has 2 aromatic rings. The molecule has 26 heavy (non-hydrogen) atoms. The van der Waals surface area contributed by atoms with Crippen LogP contribution in [0.4, 0.5) is 5.69 Å². The molecular formula is C17H16ClIN2O4S. The van der Waals surface area contributed by atoms with Crippen molar-refractivity contribution < 1.29 is 19.0 Å². The first-order valence-electron chi connectivity index (χ1n) is 7.27. The van der Waals surface area contributed by atoms with Gasteiger partial charge in [-0.2, -0.15) is 0 Å². The third kappa shape index (κ3) is 4.89. The molecule has 2 aromatic carbocycles. The van der Waals surface area contributed by atoms with Crippen LogP contribution >= 0.6 is 46.4 Å². The first-order chi connectivity index (χ1) is 12.4. The van der Waals surface area contributed by atoms with E-state index in [0.29, 0.717) is 33.5 Å². The predicted octanol–water partition coefficient (Wildman–Crippen LogP) is 4.10. The summed E-state index contributed by atoms with van der Waals surface area (Å²) in [5, 5.41) is 6.11. The second-order valence-electron chi connectivity index (χ2n) is 4.95. The Morgan fingerprint density at radius 2 is 1.69 bits per heavy atom. The minimum absolute atomic E-state index is 0.117. The quantitative estimate of drug-likeness (QED) is 0.470. The zero-order chi connectivity index (χ0) is 19.3. The number of hydrogen-bond acceptors (Lipinski definition) is 5. The van der Waals surface area contributed by atoms with E-state index >= 15 is 0 Å². The van der Waals surface area contributed by atoms with E-state index in [2.05, 4.69) is 33.2 Å². The van der Waals surface area contributed by atoms with E-state index in [4.69, 9.17) is 38.0 Å². The summed E-state index contributed by atoms with van der Waals surface area (Å²) in [6, 6.07) is 8.52. The Labute approximate surface area is 175 Å². The van der Waals surface area contributed by atoms with Crippen LogP contribution in [-0.2, 0) is 0 Å². The van der Waals surface area contributed by atoms with Gasteiger partial charge in [-0.25, -0.2) is 0 Å². The number of carbonyl (C=O) groups is 1. The third-order valence-electron chi connectivity index (χ3n) is 3.33. The molecule has 0 aliphatic heterocycles. The summed E-state index contributed by atoms with van der Waals surface area (Å²) in [6.45, 7) is 0. The standard InChI is InChI=1S/C17H16ClIN2O4S/c1-23-13-6-9(7-14(24-2)15(13)25-3)16(22)21-17(26)20-12-5-4-10(19)8-11(12)18/h4-8H,1-3H3,(H2,20,21,22,26). The molecule has 0 saturated carbocycles. The Balaban J connectivity index is 2.17. The fourth-order valence-corrected chi connectivity index (χ4v) is 3.24. The summed E-state index contributed by atoms with van der Waals surface area (Å²) in [6.07, 6.45) is 0. The molecule has 0 saturated heterocycles. The number of carbonyl (C=O) groups excluding carboxylic acids is 1. The molecule has 0 spiro atoms. The Bertz CT molecular complexity index is 823. The molecule has 0 bridgehead atoms. The first-order valence-corrected chi connectivity index (χ1v) is 9.13. The molecule has 2 rings (SSSR count). The van der Waals surface area contributed by atoms with E-state index < -0.39 is 5.91 Å². The summed E-state index contributed by atoms with van der Waals surface area (Å²) in [7, 11) is 4.44. The molecule has 1 amide bonds. The number of anilines is 1. The number of benzene rings is 2. The number of halogens is 2. The number of ether oxygens (including phenoxy) is 3. The van der Waals surface area contributed by atoms with Crippen molar-refractivity contribution in [1.82, 2.24) is 5.32 Å². The van der Waals surface area contributed by atoms with Crippen molar-refractivity contribution >= 4 is 63.1 Å². The number of methoxy groups -OCH3 is 3. The number of hydrogen-bond donors (Lipinski definition) is 2. The second-order valence-corrected chi connectivity index (χ2v) is 7.01. The number of thiocarbonyl (C=S) groups is 1. The van der Waals surface area contributed by atoms with Gasteiger partial charge in [0.2, 0.25) is 5.75 Å². The van der Waals surface area contributed by atoms with Gasteiger partial charge in [0.15, 0.2) is 16.6 Å². The van der Waals surface area contributed by atoms with Crippen molar-refractivity contribution in [3.8, 4) is 17.2 Å². The molecule has 9 heteroatoms. The van der Waals surface area contributed by atoms with Crippen LogP contribution in [0.3, 0.4) is 0 Å². The van der Waals surface area contributed by atoms with Gasteiger partial charge < -0.3 is 19.5 Å². The average Bonchev–Trinajstić information content (AvgIpc) is 2.62. The fourth-order valence-electron chi connectivity index (χ4n) is 2.13. The predicted molar refractivity (Wildman–Crippen MR) is 114 cm³/mol. The SMILES string of the molecule is COc1cc(C(=O)NC(=S)Nc2ccc(I)cc2Cl)cc(OC)c1OC. The van der Waals surface area contributed by atoms with Crippen LogP contribution in [0.5, 0.6) is 17.2 Å². The molecule has 0 heterocycles. The second kappa shape index (κ2) is 9.24. The van der Waals surface area contributed by atoms with E-state index in [1.807, 2.05) is 6.07 Å². The van der Waals surface area contributed by atoms with E-state index in [-0.39, 0.29) is 5.11 Å². The highest BCUT2D eigenvalue weighted by Crippen LogP contribution is 2.38. The lowest BCUT2D eigenvalue weighted by atomic mass is 10.1. The molecule has 6 nitrogen and oxygen atoms in total. The topological polar surface area (TPSA) is 68.8 Å². The summed E-state index contributed by atoms with van der Waals surface area (Å²) >= 11 is 13.5.